The van der Waals surface area contributed by atoms with Crippen molar-refractivity contribution in [2.24, 2.45) is 0 Å². The van der Waals surface area contributed by atoms with E-state index in [1.807, 2.05) is 6.19 Å². The van der Waals surface area contributed by atoms with Gasteiger partial charge in [0.1, 0.15) is 17.5 Å². The molecule has 0 bridgehead atoms. The third-order valence-corrected chi connectivity index (χ3v) is 1.75. The first kappa shape index (κ1) is 11.0. The molecule has 1 aromatic rings. The van der Waals surface area contributed by atoms with E-state index < -0.39 is 0 Å². The second kappa shape index (κ2) is 4.96. The summed E-state index contributed by atoms with van der Waals surface area (Å²) >= 11 is 0. The summed E-state index contributed by atoms with van der Waals surface area (Å²) in [7, 11) is 1.65. The van der Waals surface area contributed by atoms with Gasteiger partial charge in [-0.15, -0.1) is 6.58 Å². The number of anilines is 2. The zero-order valence-corrected chi connectivity index (χ0v) is 8.86. The van der Waals surface area contributed by atoms with Gasteiger partial charge in [-0.05, 0) is 6.92 Å². The second-order valence-corrected chi connectivity index (χ2v) is 2.99. The van der Waals surface area contributed by atoms with E-state index in [0.29, 0.717) is 24.0 Å². The predicted octanol–water partition coefficient (Wildman–Crippen LogP) is 1.30. The number of nitrogens with one attached hydrogen (secondary N) is 1. The molecule has 0 spiro atoms. The highest BCUT2D eigenvalue weighted by molar-refractivity contribution is 5.51. The minimum Gasteiger partial charge on any atom is -0.366 e. The molecule has 0 fully saturated rings. The van der Waals surface area contributed by atoms with Crippen LogP contribution in [-0.4, -0.2) is 23.6 Å². The molecular weight excluding hydrogens is 190 g/mol. The van der Waals surface area contributed by atoms with Crippen molar-refractivity contribution in [1.82, 2.24) is 9.97 Å². The monoisotopic (exact) mass is 203 g/mol. The predicted molar refractivity (Wildman–Crippen MR) is 59.5 cm³/mol. The maximum Gasteiger partial charge on any atom is 0.185 e. The number of rotatable bonds is 4. The third kappa shape index (κ3) is 2.95. The van der Waals surface area contributed by atoms with E-state index in [1.165, 1.54) is 4.90 Å². The first-order valence-corrected chi connectivity index (χ1v) is 4.51. The number of nitrogens with zero attached hydrogens (tertiary/aromatic N) is 4. The molecule has 1 rings (SSSR count). The van der Waals surface area contributed by atoms with Gasteiger partial charge in [0.05, 0.1) is 0 Å². The van der Waals surface area contributed by atoms with E-state index in [0.717, 1.165) is 0 Å². The molecule has 0 saturated carbocycles. The summed E-state index contributed by atoms with van der Waals surface area (Å²) in [6.45, 7) is 6.02. The molecule has 0 aliphatic carbocycles. The lowest BCUT2D eigenvalue weighted by atomic mass is 10.4. The SMILES string of the molecule is C=CCNc1cc(N(C)C#N)nc(C)n1. The topological polar surface area (TPSA) is 64.8 Å². The zero-order chi connectivity index (χ0) is 11.3. The smallest absolute Gasteiger partial charge is 0.185 e. The van der Waals surface area contributed by atoms with Gasteiger partial charge in [0.15, 0.2) is 6.19 Å². The van der Waals surface area contributed by atoms with Gasteiger partial charge in [0.2, 0.25) is 0 Å². The number of hydrogen-bond acceptors (Lipinski definition) is 5. The lowest BCUT2D eigenvalue weighted by Crippen LogP contribution is -2.12. The van der Waals surface area contributed by atoms with Gasteiger partial charge in [-0.2, -0.15) is 5.26 Å². The lowest BCUT2D eigenvalue weighted by Gasteiger charge is -2.10. The quantitative estimate of drug-likeness (QED) is 0.454. The van der Waals surface area contributed by atoms with Crippen LogP contribution in [0.15, 0.2) is 18.7 Å². The molecule has 0 saturated heterocycles. The van der Waals surface area contributed by atoms with Gasteiger partial charge in [-0.25, -0.2) is 9.97 Å². The largest absolute Gasteiger partial charge is 0.366 e. The average Bonchev–Trinajstić information content (AvgIpc) is 2.24. The van der Waals surface area contributed by atoms with Gasteiger partial charge < -0.3 is 5.32 Å². The van der Waals surface area contributed by atoms with E-state index in [9.17, 15) is 0 Å². The van der Waals surface area contributed by atoms with Crippen molar-refractivity contribution in [3.8, 4) is 6.19 Å². The Morgan fingerprint density at radius 2 is 2.40 bits per heavy atom. The highest BCUT2D eigenvalue weighted by Crippen LogP contribution is 2.13. The zero-order valence-electron chi connectivity index (χ0n) is 8.86. The normalized spacial score (nSPS) is 9.13. The fourth-order valence-electron chi connectivity index (χ4n) is 1.04. The molecule has 0 radical (unpaired) electrons. The number of nitriles is 1. The molecule has 15 heavy (non-hydrogen) atoms. The van der Waals surface area contributed by atoms with Crippen molar-refractivity contribution >= 4 is 11.6 Å². The van der Waals surface area contributed by atoms with Gasteiger partial charge in [0.25, 0.3) is 0 Å². The van der Waals surface area contributed by atoms with Crippen molar-refractivity contribution in [3.63, 3.8) is 0 Å². The molecule has 1 heterocycles. The molecule has 0 amide bonds. The van der Waals surface area contributed by atoms with Crippen LogP contribution in [0.1, 0.15) is 5.82 Å². The molecule has 5 heteroatoms. The molecule has 1 N–H and O–H groups in total. The van der Waals surface area contributed by atoms with Crippen LogP contribution in [0.3, 0.4) is 0 Å². The van der Waals surface area contributed by atoms with E-state index >= 15 is 0 Å². The van der Waals surface area contributed by atoms with Gasteiger partial charge in [-0.1, -0.05) is 6.08 Å². The molecule has 0 aliphatic rings. The maximum absolute atomic E-state index is 8.72. The standard InChI is InChI=1S/C10H13N5/c1-4-5-12-9-6-10(15(3)7-11)14-8(2)13-9/h4,6H,1,5H2,2-3H3,(H,12,13,14). The summed E-state index contributed by atoms with van der Waals surface area (Å²) in [6.07, 6.45) is 3.73. The summed E-state index contributed by atoms with van der Waals surface area (Å²) < 4.78 is 0. The fourth-order valence-corrected chi connectivity index (χ4v) is 1.04. The summed E-state index contributed by atoms with van der Waals surface area (Å²) in [5, 5.41) is 11.8. The molecule has 1 aromatic heterocycles. The van der Waals surface area contributed by atoms with Crippen molar-refractivity contribution in [2.75, 3.05) is 23.8 Å². The summed E-state index contributed by atoms with van der Waals surface area (Å²) in [4.78, 5) is 9.70. The van der Waals surface area contributed by atoms with Crippen LogP contribution in [0.5, 0.6) is 0 Å². The number of hydrogen-bond donors (Lipinski definition) is 1. The number of aromatic nitrogens is 2. The summed E-state index contributed by atoms with van der Waals surface area (Å²) in [5.74, 6) is 1.90. The Labute approximate surface area is 89.1 Å². The van der Waals surface area contributed by atoms with E-state index in [4.69, 9.17) is 5.26 Å². The van der Waals surface area contributed by atoms with Crippen LogP contribution < -0.4 is 10.2 Å². The van der Waals surface area contributed by atoms with Crippen molar-refractivity contribution in [1.29, 1.82) is 5.26 Å². The van der Waals surface area contributed by atoms with E-state index in [-0.39, 0.29) is 0 Å². The van der Waals surface area contributed by atoms with Crippen molar-refractivity contribution in [3.05, 3.63) is 24.5 Å². The first-order chi connectivity index (χ1) is 7.17. The molecular formula is C10H13N5. The summed E-state index contributed by atoms with van der Waals surface area (Å²) in [5.41, 5.74) is 0. The van der Waals surface area contributed by atoms with Gasteiger partial charge in [0, 0.05) is 19.7 Å². The van der Waals surface area contributed by atoms with Crippen molar-refractivity contribution in [2.45, 2.75) is 6.92 Å². The van der Waals surface area contributed by atoms with E-state index in [1.54, 1.807) is 26.1 Å². The van der Waals surface area contributed by atoms with Crippen LogP contribution in [0, 0.1) is 18.4 Å². The van der Waals surface area contributed by atoms with Gasteiger partial charge in [-0.3, -0.25) is 4.90 Å². The fraction of sp³-hybridized carbons (Fsp3) is 0.300. The Bertz CT molecular complexity index is 393. The molecule has 0 aromatic carbocycles. The molecule has 0 aliphatic heterocycles. The Kier molecular flexibility index (Phi) is 3.63. The molecule has 0 atom stereocenters. The molecule has 0 unspecified atom stereocenters. The van der Waals surface area contributed by atoms with Crippen molar-refractivity contribution < 1.29 is 0 Å². The minimum absolute atomic E-state index is 0.580. The summed E-state index contributed by atoms with van der Waals surface area (Å²) in [6, 6.07) is 1.72. The minimum atomic E-state index is 0.580. The van der Waals surface area contributed by atoms with Crippen LogP contribution >= 0.6 is 0 Å². The Balaban J connectivity index is 2.95. The second-order valence-electron chi connectivity index (χ2n) is 2.99. The third-order valence-electron chi connectivity index (χ3n) is 1.75. The highest BCUT2D eigenvalue weighted by Gasteiger charge is 2.04. The van der Waals surface area contributed by atoms with E-state index in [2.05, 4.69) is 21.9 Å². The van der Waals surface area contributed by atoms with Crippen LogP contribution in [0.4, 0.5) is 11.6 Å². The Morgan fingerprint density at radius 1 is 1.67 bits per heavy atom. The van der Waals surface area contributed by atoms with Crippen LogP contribution in [0.25, 0.3) is 0 Å². The lowest BCUT2D eigenvalue weighted by molar-refractivity contribution is 1.01. The Morgan fingerprint density at radius 3 is 3.00 bits per heavy atom. The molecule has 78 valence electrons. The number of aryl methyl sites for hydroxylation is 1. The van der Waals surface area contributed by atoms with Gasteiger partial charge >= 0.3 is 0 Å². The first-order valence-electron chi connectivity index (χ1n) is 4.51. The Hall–Kier alpha value is -2.09. The molecule has 5 nitrogen and oxygen atoms in total. The van der Waals surface area contributed by atoms with Crippen LogP contribution in [0.2, 0.25) is 0 Å². The maximum atomic E-state index is 8.72. The van der Waals surface area contributed by atoms with Crippen LogP contribution in [-0.2, 0) is 0 Å². The highest BCUT2D eigenvalue weighted by atomic mass is 15.2. The average molecular weight is 203 g/mol.